The van der Waals surface area contributed by atoms with Crippen molar-refractivity contribution >= 4 is 17.5 Å². The Morgan fingerprint density at radius 3 is 2.08 bits per heavy atom. The third kappa shape index (κ3) is 5.75. The molecule has 3 aromatic carbocycles. The fourth-order valence-electron chi connectivity index (χ4n) is 5.80. The number of amides is 2. The van der Waals surface area contributed by atoms with Gasteiger partial charge in [0.25, 0.3) is 5.91 Å². The highest BCUT2D eigenvalue weighted by atomic mass is 16.6. The van der Waals surface area contributed by atoms with Gasteiger partial charge >= 0.3 is 0 Å². The first kappa shape index (κ1) is 26.7. The Morgan fingerprint density at radius 2 is 1.49 bits per heavy atom. The predicted octanol–water partition coefficient (Wildman–Crippen LogP) is 5.62. The molecular formula is C33H37N3O3. The van der Waals surface area contributed by atoms with Crippen molar-refractivity contribution in [2.24, 2.45) is 5.16 Å². The summed E-state index contributed by atoms with van der Waals surface area (Å²) in [6, 6.07) is 26.1. The molecular weight excluding hydrogens is 486 g/mol. The maximum atomic E-state index is 13.9. The van der Waals surface area contributed by atoms with Gasteiger partial charge in [0.05, 0.1) is 11.1 Å². The number of fused-ring (bicyclic) bond motifs is 1. The van der Waals surface area contributed by atoms with Crippen LogP contribution < -0.4 is 5.32 Å². The summed E-state index contributed by atoms with van der Waals surface area (Å²) in [5.41, 5.74) is 5.46. The molecule has 6 heteroatoms. The van der Waals surface area contributed by atoms with Crippen LogP contribution >= 0.6 is 0 Å². The van der Waals surface area contributed by atoms with Crippen LogP contribution in [-0.2, 0) is 27.9 Å². The molecule has 1 N–H and O–H groups in total. The topological polar surface area (TPSA) is 71.0 Å². The minimum atomic E-state index is -0.651. The number of hydrogen-bond acceptors (Lipinski definition) is 4. The van der Waals surface area contributed by atoms with Crippen molar-refractivity contribution in [1.29, 1.82) is 0 Å². The number of benzene rings is 3. The molecule has 0 aromatic heterocycles. The molecule has 2 aliphatic rings. The van der Waals surface area contributed by atoms with E-state index in [1.807, 2.05) is 80.3 Å². The van der Waals surface area contributed by atoms with E-state index in [9.17, 15) is 9.59 Å². The Labute approximate surface area is 231 Å². The molecule has 1 unspecified atom stereocenters. The normalized spacial score (nSPS) is 17.2. The van der Waals surface area contributed by atoms with Gasteiger partial charge in [0.1, 0.15) is 6.10 Å². The van der Waals surface area contributed by atoms with Crippen molar-refractivity contribution in [3.8, 4) is 0 Å². The van der Waals surface area contributed by atoms with Crippen molar-refractivity contribution in [2.45, 2.75) is 64.0 Å². The fraction of sp³-hybridized carbons (Fsp3) is 0.364. The molecule has 1 heterocycles. The standard InChI is InChI=1S/C33H37N3O3/c1-23(2)35-39-24(3)25-13-15-26(16-14-25)31(37)36-19-17-33(18-20-36,29-11-5-4-6-12-29)32(38)34-30-21-27-9-7-8-10-28(27)22-30/h4-16,24,30H,17-22H2,1-3H3,(H,34,38). The van der Waals surface area contributed by atoms with Crippen LogP contribution in [0.1, 0.15) is 72.3 Å². The Balaban J connectivity index is 1.27. The van der Waals surface area contributed by atoms with Gasteiger partial charge in [0.2, 0.25) is 5.91 Å². The Bertz CT molecular complexity index is 1310. The van der Waals surface area contributed by atoms with E-state index in [1.54, 1.807) is 0 Å². The highest BCUT2D eigenvalue weighted by molar-refractivity contribution is 5.95. The van der Waals surface area contributed by atoms with E-state index in [1.165, 1.54) is 11.1 Å². The molecule has 0 radical (unpaired) electrons. The number of nitrogens with one attached hydrogen (secondary N) is 1. The van der Waals surface area contributed by atoms with Crippen LogP contribution in [0.3, 0.4) is 0 Å². The first-order valence-corrected chi connectivity index (χ1v) is 13.9. The first-order valence-electron chi connectivity index (χ1n) is 13.9. The molecule has 1 aliphatic heterocycles. The number of rotatable bonds is 7. The number of piperidine rings is 1. The maximum absolute atomic E-state index is 13.9. The second kappa shape index (κ2) is 11.4. The number of carbonyl (C=O) groups excluding carboxylic acids is 2. The number of hydrogen-bond donors (Lipinski definition) is 1. The van der Waals surface area contributed by atoms with Gasteiger partial charge < -0.3 is 15.1 Å². The molecule has 0 bridgehead atoms. The lowest BCUT2D eigenvalue weighted by Crippen LogP contribution is -2.54. The van der Waals surface area contributed by atoms with E-state index >= 15 is 0 Å². The number of oxime groups is 1. The third-order valence-corrected chi connectivity index (χ3v) is 8.07. The third-order valence-electron chi connectivity index (χ3n) is 8.07. The Kier molecular flexibility index (Phi) is 7.82. The summed E-state index contributed by atoms with van der Waals surface area (Å²) in [4.78, 5) is 34.7. The van der Waals surface area contributed by atoms with Gasteiger partial charge in [0, 0.05) is 24.7 Å². The zero-order valence-electron chi connectivity index (χ0n) is 23.0. The van der Waals surface area contributed by atoms with Crippen molar-refractivity contribution < 1.29 is 14.4 Å². The van der Waals surface area contributed by atoms with E-state index in [4.69, 9.17) is 4.84 Å². The van der Waals surface area contributed by atoms with Crippen LogP contribution in [0.15, 0.2) is 84.0 Å². The maximum Gasteiger partial charge on any atom is 0.253 e. The summed E-state index contributed by atoms with van der Waals surface area (Å²) in [6.45, 7) is 6.76. The second-order valence-electron chi connectivity index (χ2n) is 11.0. The van der Waals surface area contributed by atoms with Gasteiger partial charge in [-0.05, 0) is 80.8 Å². The van der Waals surface area contributed by atoms with E-state index in [0.29, 0.717) is 31.5 Å². The van der Waals surface area contributed by atoms with Crippen molar-refractivity contribution in [1.82, 2.24) is 10.2 Å². The van der Waals surface area contributed by atoms with Crippen molar-refractivity contribution in [3.05, 3.63) is 107 Å². The van der Waals surface area contributed by atoms with E-state index in [-0.39, 0.29) is 24.0 Å². The zero-order valence-corrected chi connectivity index (χ0v) is 23.0. The molecule has 3 aromatic rings. The highest BCUT2D eigenvalue weighted by Crippen LogP contribution is 2.37. The van der Waals surface area contributed by atoms with Crippen LogP contribution in [0.5, 0.6) is 0 Å². The number of nitrogens with zero attached hydrogens (tertiary/aromatic N) is 2. The van der Waals surface area contributed by atoms with E-state index in [2.05, 4.69) is 34.7 Å². The van der Waals surface area contributed by atoms with Gasteiger partial charge in [-0.25, -0.2) is 0 Å². The van der Waals surface area contributed by atoms with Crippen molar-refractivity contribution in [3.63, 3.8) is 0 Å². The largest absolute Gasteiger partial charge is 0.388 e. The lowest BCUT2D eigenvalue weighted by Gasteiger charge is -2.41. The average Bonchev–Trinajstić information content (AvgIpc) is 3.38. The quantitative estimate of drug-likeness (QED) is 0.323. The Hall–Kier alpha value is -3.93. The first-order chi connectivity index (χ1) is 18.9. The van der Waals surface area contributed by atoms with Crippen LogP contribution in [0, 0.1) is 0 Å². The van der Waals surface area contributed by atoms with E-state index < -0.39 is 5.41 Å². The van der Waals surface area contributed by atoms with Crippen LogP contribution in [0.4, 0.5) is 0 Å². The summed E-state index contributed by atoms with van der Waals surface area (Å²) in [7, 11) is 0. The zero-order chi connectivity index (χ0) is 27.4. The molecule has 1 fully saturated rings. The minimum Gasteiger partial charge on any atom is -0.388 e. The molecule has 1 aliphatic carbocycles. The predicted molar refractivity (Wildman–Crippen MR) is 154 cm³/mol. The van der Waals surface area contributed by atoms with Crippen molar-refractivity contribution in [2.75, 3.05) is 13.1 Å². The van der Waals surface area contributed by atoms with Gasteiger partial charge in [-0.2, -0.15) is 0 Å². The minimum absolute atomic E-state index is 0.00847. The Morgan fingerprint density at radius 1 is 0.897 bits per heavy atom. The van der Waals surface area contributed by atoms with Crippen LogP contribution in [-0.4, -0.2) is 41.6 Å². The van der Waals surface area contributed by atoms with Gasteiger partial charge in [0.15, 0.2) is 0 Å². The second-order valence-corrected chi connectivity index (χ2v) is 11.0. The summed E-state index contributed by atoms with van der Waals surface area (Å²) in [5, 5.41) is 7.42. The lowest BCUT2D eigenvalue weighted by atomic mass is 9.71. The summed E-state index contributed by atoms with van der Waals surface area (Å²) < 4.78 is 0. The number of carbonyl (C=O) groups is 2. The van der Waals surface area contributed by atoms with Gasteiger partial charge in [-0.3, -0.25) is 9.59 Å². The highest BCUT2D eigenvalue weighted by Gasteiger charge is 2.44. The monoisotopic (exact) mass is 523 g/mol. The lowest BCUT2D eigenvalue weighted by molar-refractivity contribution is -0.129. The van der Waals surface area contributed by atoms with Gasteiger partial charge in [-0.1, -0.05) is 71.9 Å². The molecule has 6 nitrogen and oxygen atoms in total. The number of likely N-dealkylation sites (tertiary alicyclic amines) is 1. The fourth-order valence-corrected chi connectivity index (χ4v) is 5.80. The molecule has 39 heavy (non-hydrogen) atoms. The van der Waals surface area contributed by atoms with Crippen LogP contribution in [0.2, 0.25) is 0 Å². The molecule has 2 amide bonds. The summed E-state index contributed by atoms with van der Waals surface area (Å²) >= 11 is 0. The molecule has 1 saturated heterocycles. The smallest absolute Gasteiger partial charge is 0.253 e. The molecule has 1 atom stereocenters. The molecule has 5 rings (SSSR count). The molecule has 0 spiro atoms. The van der Waals surface area contributed by atoms with Crippen LogP contribution in [0.25, 0.3) is 0 Å². The molecule has 0 saturated carbocycles. The summed E-state index contributed by atoms with van der Waals surface area (Å²) in [5.74, 6) is 0.0628. The van der Waals surface area contributed by atoms with E-state index in [0.717, 1.165) is 29.7 Å². The SMILES string of the molecule is CC(C)=NOC(C)c1ccc(C(=O)N2CCC(C(=O)NC3Cc4ccccc4C3)(c3ccccc3)CC2)cc1. The summed E-state index contributed by atoms with van der Waals surface area (Å²) in [6.07, 6.45) is 2.71. The average molecular weight is 524 g/mol. The van der Waals surface area contributed by atoms with Gasteiger partial charge in [-0.15, -0.1) is 0 Å². The molecule has 202 valence electrons.